The maximum atomic E-state index is 11.9. The van der Waals surface area contributed by atoms with Gasteiger partial charge in [0, 0.05) is 37.4 Å². The van der Waals surface area contributed by atoms with Crippen LogP contribution in [0.4, 0.5) is 5.69 Å². The van der Waals surface area contributed by atoms with Gasteiger partial charge in [-0.3, -0.25) is 4.90 Å². The lowest BCUT2D eigenvalue weighted by molar-refractivity contribution is 0.326. The summed E-state index contributed by atoms with van der Waals surface area (Å²) >= 11 is 0. The number of hydrogen-bond donors (Lipinski definition) is 2. The van der Waals surface area contributed by atoms with Gasteiger partial charge in [0.25, 0.3) is 0 Å². The van der Waals surface area contributed by atoms with Crippen molar-refractivity contribution in [3.05, 3.63) is 24.3 Å². The standard InChI is InChI=1S/C15H23N3O2S/c1-2-16-21(19,20)15-7-3-12(4-8-15)17-13-9-10-18(11-13)14-5-6-14/h3-4,7-8,13-14,16-17H,2,5-6,9-11H2,1H3. The van der Waals surface area contributed by atoms with E-state index in [2.05, 4.69) is 14.9 Å². The second kappa shape index (κ2) is 5.94. The van der Waals surface area contributed by atoms with E-state index in [4.69, 9.17) is 0 Å². The molecule has 0 radical (unpaired) electrons. The van der Waals surface area contributed by atoms with Crippen molar-refractivity contribution in [2.24, 2.45) is 0 Å². The molecule has 2 N–H and O–H groups in total. The van der Waals surface area contributed by atoms with Crippen LogP contribution >= 0.6 is 0 Å². The average molecular weight is 309 g/mol. The molecule has 1 unspecified atom stereocenters. The van der Waals surface area contributed by atoms with Crippen molar-refractivity contribution in [1.82, 2.24) is 9.62 Å². The highest BCUT2D eigenvalue weighted by Gasteiger charge is 2.34. The molecule has 116 valence electrons. The van der Waals surface area contributed by atoms with E-state index < -0.39 is 10.0 Å². The third-order valence-electron chi connectivity index (χ3n) is 4.15. The average Bonchev–Trinajstić information content (AvgIpc) is 3.20. The Bertz CT molecular complexity index is 581. The molecule has 5 nitrogen and oxygen atoms in total. The lowest BCUT2D eigenvalue weighted by Crippen LogP contribution is -2.27. The van der Waals surface area contributed by atoms with Gasteiger partial charge in [-0.05, 0) is 43.5 Å². The lowest BCUT2D eigenvalue weighted by atomic mass is 10.2. The van der Waals surface area contributed by atoms with Crippen molar-refractivity contribution < 1.29 is 8.42 Å². The molecule has 1 aromatic carbocycles. The van der Waals surface area contributed by atoms with Gasteiger partial charge < -0.3 is 5.32 Å². The van der Waals surface area contributed by atoms with E-state index in [1.165, 1.54) is 19.4 Å². The van der Waals surface area contributed by atoms with Gasteiger partial charge in [0.1, 0.15) is 0 Å². The molecule has 1 saturated carbocycles. The van der Waals surface area contributed by atoms with Crippen LogP contribution in [0.3, 0.4) is 0 Å². The summed E-state index contributed by atoms with van der Waals surface area (Å²) in [6.07, 6.45) is 3.86. The smallest absolute Gasteiger partial charge is 0.240 e. The predicted molar refractivity (Wildman–Crippen MR) is 83.9 cm³/mol. The van der Waals surface area contributed by atoms with Gasteiger partial charge in [-0.1, -0.05) is 6.92 Å². The first kappa shape index (κ1) is 14.8. The lowest BCUT2D eigenvalue weighted by Gasteiger charge is -2.17. The van der Waals surface area contributed by atoms with E-state index >= 15 is 0 Å². The third kappa shape index (κ3) is 3.56. The van der Waals surface area contributed by atoms with Crippen LogP contribution in [0.25, 0.3) is 0 Å². The zero-order valence-electron chi connectivity index (χ0n) is 12.4. The molecule has 1 heterocycles. The quantitative estimate of drug-likeness (QED) is 0.838. The first-order valence-electron chi connectivity index (χ1n) is 7.69. The summed E-state index contributed by atoms with van der Waals surface area (Å²) in [5.74, 6) is 0. The van der Waals surface area contributed by atoms with E-state index in [1.807, 2.05) is 12.1 Å². The maximum absolute atomic E-state index is 11.9. The molecule has 0 bridgehead atoms. The van der Waals surface area contributed by atoms with Crippen LogP contribution in [0.1, 0.15) is 26.2 Å². The minimum atomic E-state index is -3.35. The molecule has 21 heavy (non-hydrogen) atoms. The van der Waals surface area contributed by atoms with Gasteiger partial charge in [-0.25, -0.2) is 13.1 Å². The molecule has 0 amide bonds. The van der Waals surface area contributed by atoms with E-state index in [0.717, 1.165) is 24.7 Å². The Labute approximate surface area is 126 Å². The number of hydrogen-bond acceptors (Lipinski definition) is 4. The highest BCUT2D eigenvalue weighted by atomic mass is 32.2. The largest absolute Gasteiger partial charge is 0.381 e. The van der Waals surface area contributed by atoms with Gasteiger partial charge in [-0.15, -0.1) is 0 Å². The van der Waals surface area contributed by atoms with Crippen LogP contribution in [-0.2, 0) is 10.0 Å². The number of benzene rings is 1. The first-order valence-corrected chi connectivity index (χ1v) is 9.17. The van der Waals surface area contributed by atoms with Gasteiger partial charge in [0.05, 0.1) is 4.90 Å². The van der Waals surface area contributed by atoms with Crippen LogP contribution in [0, 0.1) is 0 Å². The van der Waals surface area contributed by atoms with Crippen LogP contribution in [0.2, 0.25) is 0 Å². The zero-order chi connectivity index (χ0) is 14.9. The number of rotatable bonds is 6. The molecule has 1 aromatic rings. The molecule has 2 fully saturated rings. The van der Waals surface area contributed by atoms with E-state index in [-0.39, 0.29) is 0 Å². The predicted octanol–water partition coefficient (Wildman–Crippen LogP) is 1.63. The fourth-order valence-corrected chi connectivity index (χ4v) is 3.96. The number of likely N-dealkylation sites (tertiary alicyclic amines) is 1. The SMILES string of the molecule is CCNS(=O)(=O)c1ccc(NC2CCN(C3CC3)C2)cc1. The van der Waals surface area contributed by atoms with Gasteiger partial charge in [0.2, 0.25) is 10.0 Å². The first-order chi connectivity index (χ1) is 10.1. The number of anilines is 1. The van der Waals surface area contributed by atoms with Crippen LogP contribution in [-0.4, -0.2) is 45.0 Å². The van der Waals surface area contributed by atoms with Crippen molar-refractivity contribution >= 4 is 15.7 Å². The Morgan fingerprint density at radius 1 is 1.19 bits per heavy atom. The Morgan fingerprint density at radius 3 is 2.52 bits per heavy atom. The molecular weight excluding hydrogens is 286 g/mol. The summed E-state index contributed by atoms with van der Waals surface area (Å²) < 4.78 is 26.3. The number of nitrogens with one attached hydrogen (secondary N) is 2. The van der Waals surface area contributed by atoms with Crippen LogP contribution in [0.5, 0.6) is 0 Å². The van der Waals surface area contributed by atoms with Crippen molar-refractivity contribution in [3.8, 4) is 0 Å². The topological polar surface area (TPSA) is 61.4 Å². The second-order valence-corrected chi connectivity index (χ2v) is 7.65. The van der Waals surface area contributed by atoms with E-state index in [0.29, 0.717) is 17.5 Å². The Kier molecular flexibility index (Phi) is 4.19. The summed E-state index contributed by atoms with van der Waals surface area (Å²) in [6, 6.07) is 8.32. The summed E-state index contributed by atoms with van der Waals surface area (Å²) in [5.41, 5.74) is 0.994. The van der Waals surface area contributed by atoms with Crippen LogP contribution < -0.4 is 10.0 Å². The second-order valence-electron chi connectivity index (χ2n) is 5.88. The van der Waals surface area contributed by atoms with Crippen LogP contribution in [0.15, 0.2) is 29.2 Å². The van der Waals surface area contributed by atoms with Crippen molar-refractivity contribution in [1.29, 1.82) is 0 Å². The molecule has 2 aliphatic rings. The highest BCUT2D eigenvalue weighted by Crippen LogP contribution is 2.30. The number of nitrogens with zero attached hydrogens (tertiary/aromatic N) is 1. The third-order valence-corrected chi connectivity index (χ3v) is 5.71. The van der Waals surface area contributed by atoms with E-state index in [9.17, 15) is 8.42 Å². The zero-order valence-corrected chi connectivity index (χ0v) is 13.2. The molecule has 1 aliphatic heterocycles. The molecule has 1 aliphatic carbocycles. The molecule has 1 saturated heterocycles. The van der Waals surface area contributed by atoms with E-state index in [1.54, 1.807) is 19.1 Å². The monoisotopic (exact) mass is 309 g/mol. The highest BCUT2D eigenvalue weighted by molar-refractivity contribution is 7.89. The minimum absolute atomic E-state index is 0.320. The van der Waals surface area contributed by atoms with Gasteiger partial charge in [-0.2, -0.15) is 0 Å². The molecule has 6 heteroatoms. The molecule has 1 atom stereocenters. The maximum Gasteiger partial charge on any atom is 0.240 e. The molecule has 0 aromatic heterocycles. The Hall–Kier alpha value is -1.11. The fourth-order valence-electron chi connectivity index (χ4n) is 2.92. The summed E-state index contributed by atoms with van der Waals surface area (Å²) in [6.45, 7) is 4.46. The van der Waals surface area contributed by atoms with Crippen molar-refractivity contribution in [2.45, 2.75) is 43.2 Å². The fraction of sp³-hybridized carbons (Fsp3) is 0.600. The molecule has 3 rings (SSSR count). The van der Waals surface area contributed by atoms with Gasteiger partial charge >= 0.3 is 0 Å². The summed E-state index contributed by atoms with van der Waals surface area (Å²) in [4.78, 5) is 2.88. The number of sulfonamides is 1. The molecule has 0 spiro atoms. The van der Waals surface area contributed by atoms with Crippen molar-refractivity contribution in [2.75, 3.05) is 25.0 Å². The Balaban J connectivity index is 1.59. The minimum Gasteiger partial charge on any atom is -0.381 e. The molecular formula is C15H23N3O2S. The summed E-state index contributed by atoms with van der Waals surface area (Å²) in [7, 11) is -3.35. The Morgan fingerprint density at radius 2 is 1.90 bits per heavy atom. The normalized spacial score (nSPS) is 23.4. The van der Waals surface area contributed by atoms with Crippen molar-refractivity contribution in [3.63, 3.8) is 0 Å². The van der Waals surface area contributed by atoms with Gasteiger partial charge in [0.15, 0.2) is 0 Å². The summed E-state index contributed by atoms with van der Waals surface area (Å²) in [5, 5.41) is 3.51.